The van der Waals surface area contributed by atoms with Crippen molar-refractivity contribution >= 4 is 17.5 Å². The molecule has 0 atom stereocenters. The number of carbonyl (C=O) groups excluding carboxylic acids is 1. The summed E-state index contributed by atoms with van der Waals surface area (Å²) in [6.45, 7) is 0. The fourth-order valence-corrected chi connectivity index (χ4v) is 0.775. The largest absolute Gasteiger partial charge is 0.359 e. The molecule has 3 nitrogen and oxygen atoms in total. The van der Waals surface area contributed by atoms with Gasteiger partial charge in [-0.15, -0.1) is 0 Å². The Balaban J connectivity index is 2.99. The van der Waals surface area contributed by atoms with Gasteiger partial charge in [0.15, 0.2) is 0 Å². The van der Waals surface area contributed by atoms with Crippen molar-refractivity contribution in [2.45, 2.75) is 0 Å². The zero-order valence-electron chi connectivity index (χ0n) is 6.04. The van der Waals surface area contributed by atoms with Gasteiger partial charge in [0, 0.05) is 12.1 Å². The second-order valence-electron chi connectivity index (χ2n) is 1.96. The van der Waals surface area contributed by atoms with Crippen LogP contribution in [0.2, 0.25) is 5.15 Å². The number of rotatable bonds is 0. The molecule has 12 heavy (non-hydrogen) atoms. The van der Waals surface area contributed by atoms with Gasteiger partial charge in [-0.1, -0.05) is 17.5 Å². The van der Waals surface area contributed by atoms with Gasteiger partial charge in [0.2, 0.25) is 0 Å². The van der Waals surface area contributed by atoms with E-state index in [4.69, 9.17) is 17.3 Å². The van der Waals surface area contributed by atoms with E-state index in [1.807, 2.05) is 0 Å². The van der Waals surface area contributed by atoms with Crippen molar-refractivity contribution < 1.29 is 4.79 Å². The molecule has 0 aliphatic heterocycles. The van der Waals surface area contributed by atoms with Crippen molar-refractivity contribution in [1.29, 1.82) is 0 Å². The molecule has 60 valence electrons. The summed E-state index contributed by atoms with van der Waals surface area (Å²) >= 11 is 5.64. The SMILES string of the molecule is NC(=O)C#Cc1cccnc1Cl. The zero-order chi connectivity index (χ0) is 8.97. The monoisotopic (exact) mass is 180 g/mol. The lowest BCUT2D eigenvalue weighted by atomic mass is 10.3. The van der Waals surface area contributed by atoms with Crippen LogP contribution < -0.4 is 5.73 Å². The van der Waals surface area contributed by atoms with Gasteiger partial charge in [-0.2, -0.15) is 0 Å². The van der Waals surface area contributed by atoms with Crippen molar-refractivity contribution in [3.8, 4) is 11.8 Å². The van der Waals surface area contributed by atoms with Crippen LogP contribution in [0.4, 0.5) is 0 Å². The lowest BCUT2D eigenvalue weighted by Gasteiger charge is -1.90. The Kier molecular flexibility index (Phi) is 2.67. The highest BCUT2D eigenvalue weighted by Crippen LogP contribution is 2.08. The average Bonchev–Trinajstić information content (AvgIpc) is 2.03. The second-order valence-corrected chi connectivity index (χ2v) is 2.31. The average molecular weight is 181 g/mol. The predicted molar refractivity (Wildman–Crippen MR) is 45.3 cm³/mol. The molecule has 0 aliphatic rings. The molecule has 0 radical (unpaired) electrons. The molecule has 0 bridgehead atoms. The molecular formula is C8H5ClN2O. The zero-order valence-corrected chi connectivity index (χ0v) is 6.80. The van der Waals surface area contributed by atoms with Crippen LogP contribution in [-0.2, 0) is 4.79 Å². The first-order valence-electron chi connectivity index (χ1n) is 3.12. The molecule has 1 aromatic rings. The number of pyridine rings is 1. The molecule has 0 saturated carbocycles. The topological polar surface area (TPSA) is 56.0 Å². The molecule has 2 N–H and O–H groups in total. The molecule has 1 heterocycles. The summed E-state index contributed by atoms with van der Waals surface area (Å²) in [6.07, 6.45) is 1.54. The molecule has 4 heteroatoms. The summed E-state index contributed by atoms with van der Waals surface area (Å²) in [5, 5.41) is 0.270. The third kappa shape index (κ3) is 2.26. The van der Waals surface area contributed by atoms with E-state index in [1.54, 1.807) is 12.1 Å². The first kappa shape index (κ1) is 8.57. The van der Waals surface area contributed by atoms with Crippen LogP contribution in [-0.4, -0.2) is 10.9 Å². The van der Waals surface area contributed by atoms with Gasteiger partial charge in [0.05, 0.1) is 5.56 Å². The maximum Gasteiger partial charge on any atom is 0.293 e. The Morgan fingerprint density at radius 1 is 1.67 bits per heavy atom. The maximum absolute atomic E-state index is 10.3. The van der Waals surface area contributed by atoms with Gasteiger partial charge < -0.3 is 5.73 Å². The van der Waals surface area contributed by atoms with E-state index in [2.05, 4.69) is 16.8 Å². The van der Waals surface area contributed by atoms with Crippen LogP contribution in [0.25, 0.3) is 0 Å². The van der Waals surface area contributed by atoms with Gasteiger partial charge in [-0.3, -0.25) is 4.79 Å². The van der Waals surface area contributed by atoms with E-state index < -0.39 is 5.91 Å². The molecular weight excluding hydrogens is 176 g/mol. The van der Waals surface area contributed by atoms with Crippen molar-refractivity contribution in [2.75, 3.05) is 0 Å². The fraction of sp³-hybridized carbons (Fsp3) is 0. The van der Waals surface area contributed by atoms with Gasteiger partial charge in [0.25, 0.3) is 5.91 Å². The molecule has 0 spiro atoms. The van der Waals surface area contributed by atoms with Crippen LogP contribution >= 0.6 is 11.6 Å². The molecule has 0 aliphatic carbocycles. The van der Waals surface area contributed by atoms with E-state index in [-0.39, 0.29) is 5.15 Å². The summed E-state index contributed by atoms with van der Waals surface area (Å²) in [5.74, 6) is 3.98. The predicted octanol–water partition coefficient (Wildman–Crippen LogP) is 0.572. The maximum atomic E-state index is 10.3. The second kappa shape index (κ2) is 3.74. The van der Waals surface area contributed by atoms with Crippen LogP contribution in [0.1, 0.15) is 5.56 Å². The van der Waals surface area contributed by atoms with Crippen LogP contribution in [0, 0.1) is 11.8 Å². The van der Waals surface area contributed by atoms with E-state index in [9.17, 15) is 4.79 Å². The van der Waals surface area contributed by atoms with Gasteiger partial charge in [0.1, 0.15) is 5.15 Å². The summed E-state index contributed by atoms with van der Waals surface area (Å²) < 4.78 is 0. The van der Waals surface area contributed by atoms with E-state index in [0.717, 1.165) is 0 Å². The fourth-order valence-electron chi connectivity index (χ4n) is 0.608. The quantitative estimate of drug-likeness (QED) is 0.469. The lowest BCUT2D eigenvalue weighted by Crippen LogP contribution is -2.06. The number of aromatic nitrogens is 1. The summed E-state index contributed by atoms with van der Waals surface area (Å²) in [4.78, 5) is 14.0. The number of amides is 1. The molecule has 0 aromatic carbocycles. The highest BCUT2D eigenvalue weighted by atomic mass is 35.5. The van der Waals surface area contributed by atoms with Crippen molar-refractivity contribution in [3.05, 3.63) is 29.0 Å². The normalized spacial score (nSPS) is 8.42. The smallest absolute Gasteiger partial charge is 0.293 e. The minimum Gasteiger partial charge on any atom is -0.359 e. The summed E-state index contributed by atoms with van der Waals surface area (Å²) in [6, 6.07) is 3.34. The Hall–Kier alpha value is -1.53. The van der Waals surface area contributed by atoms with Gasteiger partial charge in [-0.05, 0) is 12.1 Å². The highest BCUT2D eigenvalue weighted by molar-refractivity contribution is 6.30. The van der Waals surface area contributed by atoms with E-state index >= 15 is 0 Å². The van der Waals surface area contributed by atoms with Crippen molar-refractivity contribution in [2.24, 2.45) is 5.73 Å². The van der Waals surface area contributed by atoms with Crippen LogP contribution in [0.3, 0.4) is 0 Å². The number of nitrogens with two attached hydrogens (primary N) is 1. The Labute approximate surface area is 74.5 Å². The molecule has 1 rings (SSSR count). The molecule has 1 aromatic heterocycles. The molecule has 1 amide bonds. The van der Waals surface area contributed by atoms with Gasteiger partial charge in [-0.25, -0.2) is 4.98 Å². The molecule has 0 fully saturated rings. The number of hydrogen-bond acceptors (Lipinski definition) is 2. The Bertz CT molecular complexity index is 365. The van der Waals surface area contributed by atoms with E-state index in [0.29, 0.717) is 5.56 Å². The van der Waals surface area contributed by atoms with E-state index in [1.165, 1.54) is 6.20 Å². The van der Waals surface area contributed by atoms with Crippen molar-refractivity contribution in [3.63, 3.8) is 0 Å². The molecule has 0 saturated heterocycles. The lowest BCUT2D eigenvalue weighted by molar-refractivity contribution is -0.112. The highest BCUT2D eigenvalue weighted by Gasteiger charge is 1.94. The Morgan fingerprint density at radius 3 is 3.00 bits per heavy atom. The summed E-state index contributed by atoms with van der Waals surface area (Å²) in [5.41, 5.74) is 5.31. The third-order valence-corrected chi connectivity index (χ3v) is 1.38. The first-order chi connectivity index (χ1) is 5.70. The van der Waals surface area contributed by atoms with Crippen LogP contribution in [0.5, 0.6) is 0 Å². The third-order valence-electron chi connectivity index (χ3n) is 1.08. The minimum atomic E-state index is -0.685. The number of hydrogen-bond donors (Lipinski definition) is 1. The minimum absolute atomic E-state index is 0.270. The number of carbonyl (C=O) groups is 1. The summed E-state index contributed by atoms with van der Waals surface area (Å²) in [7, 11) is 0. The number of halogens is 1. The van der Waals surface area contributed by atoms with Gasteiger partial charge >= 0.3 is 0 Å². The first-order valence-corrected chi connectivity index (χ1v) is 3.50. The van der Waals surface area contributed by atoms with Crippen molar-refractivity contribution in [1.82, 2.24) is 4.98 Å². The molecule has 0 unspecified atom stereocenters. The van der Waals surface area contributed by atoms with Crippen LogP contribution in [0.15, 0.2) is 18.3 Å². The Morgan fingerprint density at radius 2 is 2.42 bits per heavy atom. The number of nitrogens with zero attached hydrogens (tertiary/aromatic N) is 1. The number of primary amides is 1. The standard InChI is InChI=1S/C8H5ClN2O/c9-8-6(2-1-5-11-8)3-4-7(10)12/h1-2,5H,(H2,10,12).